The van der Waals surface area contributed by atoms with E-state index in [1.54, 1.807) is 23.0 Å². The summed E-state index contributed by atoms with van der Waals surface area (Å²) in [5, 5.41) is 7.20. The fourth-order valence-electron chi connectivity index (χ4n) is 2.91. The van der Waals surface area contributed by atoms with Crippen LogP contribution in [0.2, 0.25) is 0 Å². The standard InChI is InChI=1S/C19H23FN3OS/c1-13-8-9-15(20)18(10-13)23-17-7-5-6-16(14(17)11-22-23)21-12-25(24)19(2,3)4/h8-11,16H,5-7H2,1-4H3/q+1/t16-,25?/m1/s1. The first-order chi connectivity index (χ1) is 11.8. The Hall–Kier alpha value is -2.00. The Labute approximate surface area is 150 Å². The fourth-order valence-corrected chi connectivity index (χ4v) is 3.41. The minimum Gasteiger partial charge on any atom is -0.239 e. The van der Waals surface area contributed by atoms with E-state index >= 15 is 0 Å². The van der Waals surface area contributed by atoms with Crippen LogP contribution < -0.4 is 0 Å². The SMILES string of the molecule is Cc1ccc(F)c(-n2ncc3c2CCC[C@H]3[N+]#CS(=O)C(C)(C)C)c1. The number of rotatable bonds is 1. The molecule has 4 nitrogen and oxygen atoms in total. The van der Waals surface area contributed by atoms with Crippen molar-refractivity contribution in [2.45, 2.75) is 57.7 Å². The number of fused-ring (bicyclic) bond motifs is 1. The number of halogens is 1. The van der Waals surface area contributed by atoms with Crippen LogP contribution in [0.15, 0.2) is 24.4 Å². The number of aryl methyl sites for hydroxylation is 1. The van der Waals surface area contributed by atoms with Crippen LogP contribution in [0.5, 0.6) is 0 Å². The van der Waals surface area contributed by atoms with Crippen LogP contribution >= 0.6 is 0 Å². The van der Waals surface area contributed by atoms with Gasteiger partial charge in [-0.1, -0.05) is 10.9 Å². The summed E-state index contributed by atoms with van der Waals surface area (Å²) in [5.74, 6) is -0.289. The molecule has 0 spiro atoms. The molecule has 0 N–H and O–H groups in total. The molecule has 25 heavy (non-hydrogen) atoms. The Balaban J connectivity index is 1.98. The van der Waals surface area contributed by atoms with Gasteiger partial charge < -0.3 is 0 Å². The van der Waals surface area contributed by atoms with E-state index in [2.05, 4.69) is 15.3 Å². The maximum absolute atomic E-state index is 14.2. The zero-order chi connectivity index (χ0) is 18.2. The van der Waals surface area contributed by atoms with Crippen molar-refractivity contribution in [2.75, 3.05) is 0 Å². The van der Waals surface area contributed by atoms with E-state index in [4.69, 9.17) is 0 Å². The van der Waals surface area contributed by atoms with Gasteiger partial charge in [-0.25, -0.2) is 13.3 Å². The van der Waals surface area contributed by atoms with Gasteiger partial charge in [-0.05, 0) is 58.2 Å². The molecule has 0 fully saturated rings. The second-order valence-corrected chi connectivity index (χ2v) is 9.37. The summed E-state index contributed by atoms with van der Waals surface area (Å²) in [7, 11) is -1.26. The molecular weight excluding hydrogens is 337 g/mol. The van der Waals surface area contributed by atoms with Crippen molar-refractivity contribution in [1.82, 2.24) is 9.78 Å². The maximum Gasteiger partial charge on any atom is 0.380 e. The van der Waals surface area contributed by atoms with E-state index in [1.165, 1.54) is 6.07 Å². The highest BCUT2D eigenvalue weighted by molar-refractivity contribution is 7.91. The van der Waals surface area contributed by atoms with E-state index in [1.807, 2.05) is 27.7 Å². The Morgan fingerprint density at radius 1 is 1.40 bits per heavy atom. The highest BCUT2D eigenvalue weighted by Crippen LogP contribution is 2.34. The molecule has 6 heteroatoms. The molecule has 132 valence electrons. The van der Waals surface area contributed by atoms with Gasteiger partial charge in [0.25, 0.3) is 0 Å². The second-order valence-electron chi connectivity index (χ2n) is 7.42. The summed E-state index contributed by atoms with van der Waals surface area (Å²) < 4.78 is 27.7. The molecule has 0 radical (unpaired) electrons. The van der Waals surface area contributed by atoms with Crippen LogP contribution in [0.25, 0.3) is 10.5 Å². The minimum absolute atomic E-state index is 0.114. The first kappa shape index (κ1) is 17.8. The number of nitrogens with zero attached hydrogens (tertiary/aromatic N) is 3. The van der Waals surface area contributed by atoms with Gasteiger partial charge in [0.1, 0.15) is 11.5 Å². The highest BCUT2D eigenvalue weighted by Gasteiger charge is 2.33. The van der Waals surface area contributed by atoms with Gasteiger partial charge in [-0.2, -0.15) is 5.10 Å². The molecule has 1 aliphatic carbocycles. The Kier molecular flexibility index (Phi) is 4.79. The molecule has 2 atom stereocenters. The van der Waals surface area contributed by atoms with E-state index in [-0.39, 0.29) is 16.6 Å². The number of hydrogen-bond acceptors (Lipinski definition) is 2. The van der Waals surface area contributed by atoms with Crippen LogP contribution in [0.3, 0.4) is 0 Å². The van der Waals surface area contributed by atoms with Gasteiger partial charge in [0, 0.05) is 6.42 Å². The predicted molar refractivity (Wildman–Crippen MR) is 99.1 cm³/mol. The Morgan fingerprint density at radius 3 is 2.88 bits per heavy atom. The summed E-state index contributed by atoms with van der Waals surface area (Å²) in [6.07, 6.45) is 4.39. The first-order valence-electron chi connectivity index (χ1n) is 8.48. The van der Waals surface area contributed by atoms with Crippen LogP contribution in [0.4, 0.5) is 4.39 Å². The van der Waals surface area contributed by atoms with Crippen molar-refractivity contribution in [1.29, 1.82) is 0 Å². The normalized spacial score (nSPS) is 18.2. The molecule has 2 aromatic rings. The molecule has 0 aliphatic heterocycles. The van der Waals surface area contributed by atoms with Gasteiger partial charge in [0.15, 0.2) is 10.8 Å². The summed E-state index contributed by atoms with van der Waals surface area (Å²) >= 11 is 0. The van der Waals surface area contributed by atoms with E-state index in [9.17, 15) is 8.60 Å². The Morgan fingerprint density at radius 2 is 2.16 bits per heavy atom. The first-order valence-corrected chi connectivity index (χ1v) is 9.63. The smallest absolute Gasteiger partial charge is 0.239 e. The minimum atomic E-state index is -1.26. The van der Waals surface area contributed by atoms with Crippen molar-refractivity contribution in [2.24, 2.45) is 0 Å². The molecular formula is C19H23FN3OS+. The van der Waals surface area contributed by atoms with Crippen LogP contribution in [-0.4, -0.2) is 18.7 Å². The van der Waals surface area contributed by atoms with Gasteiger partial charge in [0.05, 0.1) is 22.2 Å². The maximum atomic E-state index is 14.2. The molecule has 3 rings (SSSR count). The second kappa shape index (κ2) is 6.72. The van der Waals surface area contributed by atoms with Crippen molar-refractivity contribution in [3.8, 4) is 11.1 Å². The third-order valence-corrected chi connectivity index (χ3v) is 5.71. The lowest BCUT2D eigenvalue weighted by molar-refractivity contribution is 0.584. The zero-order valence-corrected chi connectivity index (χ0v) is 15.9. The third-order valence-electron chi connectivity index (χ3n) is 4.33. The van der Waals surface area contributed by atoms with E-state index in [0.717, 1.165) is 36.1 Å². The third kappa shape index (κ3) is 3.67. The molecule has 0 saturated carbocycles. The molecule has 1 unspecified atom stereocenters. The van der Waals surface area contributed by atoms with Gasteiger partial charge >= 0.3 is 11.4 Å². The van der Waals surface area contributed by atoms with Crippen LogP contribution in [0.1, 0.15) is 56.5 Å². The van der Waals surface area contributed by atoms with Crippen molar-refractivity contribution >= 4 is 10.8 Å². The van der Waals surface area contributed by atoms with Crippen molar-refractivity contribution < 1.29 is 8.60 Å². The molecule has 1 aliphatic rings. The summed E-state index contributed by atoms with van der Waals surface area (Å²) in [6.45, 7) is 7.63. The Bertz CT molecular complexity index is 886. The lowest BCUT2D eigenvalue weighted by atomic mass is 9.93. The van der Waals surface area contributed by atoms with Gasteiger partial charge in [-0.3, -0.25) is 0 Å². The van der Waals surface area contributed by atoms with Gasteiger partial charge in [-0.15, -0.1) is 0 Å². The van der Waals surface area contributed by atoms with Crippen LogP contribution in [0, 0.1) is 18.1 Å². The average Bonchev–Trinajstić information content (AvgIpc) is 2.98. The van der Waals surface area contributed by atoms with E-state index < -0.39 is 10.8 Å². The fraction of sp³-hybridized carbons (Fsp3) is 0.474. The largest absolute Gasteiger partial charge is 0.380 e. The molecule has 0 bridgehead atoms. The topological polar surface area (TPSA) is 39.2 Å². The van der Waals surface area contributed by atoms with Crippen molar-refractivity contribution in [3.63, 3.8) is 0 Å². The zero-order valence-electron chi connectivity index (χ0n) is 15.0. The number of benzene rings is 1. The monoisotopic (exact) mass is 360 g/mol. The summed E-state index contributed by atoms with van der Waals surface area (Å²) in [5.41, 5.74) is 3.41. The molecule has 0 amide bonds. The predicted octanol–water partition coefficient (Wildman–Crippen LogP) is 4.53. The lowest BCUT2D eigenvalue weighted by Crippen LogP contribution is -2.19. The average molecular weight is 360 g/mol. The molecule has 1 aromatic carbocycles. The molecule has 0 saturated heterocycles. The number of aromatic nitrogens is 2. The molecule has 1 heterocycles. The number of thiocyanates is 1. The number of hydrogen-bond donors (Lipinski definition) is 0. The van der Waals surface area contributed by atoms with Gasteiger partial charge in [0.2, 0.25) is 0 Å². The van der Waals surface area contributed by atoms with Crippen molar-refractivity contribution in [3.05, 3.63) is 51.9 Å². The van der Waals surface area contributed by atoms with Crippen LogP contribution in [-0.2, 0) is 17.2 Å². The summed E-state index contributed by atoms with van der Waals surface area (Å²) in [4.78, 5) is 4.44. The molecule has 1 aromatic heterocycles. The lowest BCUT2D eigenvalue weighted by Gasteiger charge is -2.14. The highest BCUT2D eigenvalue weighted by atomic mass is 32.2. The van der Waals surface area contributed by atoms with E-state index in [0.29, 0.717) is 5.69 Å². The summed E-state index contributed by atoms with van der Waals surface area (Å²) in [6, 6.07) is 4.91. The quantitative estimate of drug-likeness (QED) is 0.701.